The first-order valence-electron chi connectivity index (χ1n) is 3.91. The molecule has 0 radical (unpaired) electrons. The number of carboxylic acids is 1. The molecule has 0 spiro atoms. The number of methoxy groups -OCH3 is 1. The first-order chi connectivity index (χ1) is 5.16. The van der Waals surface area contributed by atoms with Gasteiger partial charge >= 0.3 is 5.97 Å². The molecule has 3 heteroatoms. The Morgan fingerprint density at radius 3 is 2.64 bits per heavy atom. The number of carboxylic acid groups (broad SMARTS) is 1. The molecule has 0 saturated carbocycles. The third-order valence-corrected chi connectivity index (χ3v) is 1.65. The van der Waals surface area contributed by atoms with E-state index in [2.05, 4.69) is 0 Å². The number of aliphatic carboxylic acids is 1. The van der Waals surface area contributed by atoms with Crippen molar-refractivity contribution in [3.63, 3.8) is 0 Å². The molecule has 1 N–H and O–H groups in total. The maximum Gasteiger partial charge on any atom is 0.303 e. The zero-order chi connectivity index (χ0) is 8.69. The predicted molar refractivity (Wildman–Crippen MR) is 42.6 cm³/mol. The minimum Gasteiger partial charge on any atom is -0.481 e. The van der Waals surface area contributed by atoms with Gasteiger partial charge in [-0.3, -0.25) is 4.79 Å². The van der Waals surface area contributed by atoms with Gasteiger partial charge in [-0.05, 0) is 19.8 Å². The first kappa shape index (κ1) is 10.4. The van der Waals surface area contributed by atoms with Gasteiger partial charge in [-0.2, -0.15) is 0 Å². The Morgan fingerprint density at radius 1 is 1.55 bits per heavy atom. The van der Waals surface area contributed by atoms with Gasteiger partial charge in [-0.25, -0.2) is 0 Å². The molecule has 0 aromatic rings. The summed E-state index contributed by atoms with van der Waals surface area (Å²) in [6, 6.07) is 0. The smallest absolute Gasteiger partial charge is 0.303 e. The van der Waals surface area contributed by atoms with Crippen molar-refractivity contribution in [1.29, 1.82) is 0 Å². The lowest BCUT2D eigenvalue weighted by atomic mass is 10.1. The number of unbranched alkanes of at least 4 members (excludes halogenated alkanes) is 1. The number of hydrogen-bond donors (Lipinski definition) is 1. The van der Waals surface area contributed by atoms with Gasteiger partial charge in [-0.1, -0.05) is 6.42 Å². The van der Waals surface area contributed by atoms with E-state index in [4.69, 9.17) is 9.84 Å². The molecular formula is C8H16O3. The fourth-order valence-corrected chi connectivity index (χ4v) is 0.826. The van der Waals surface area contributed by atoms with Crippen molar-refractivity contribution in [3.05, 3.63) is 0 Å². The standard InChI is InChI=1S/C8H16O3/c1-7(11-2)5-3-4-6-8(9)10/h7H,3-6H2,1-2H3,(H,9,10). The summed E-state index contributed by atoms with van der Waals surface area (Å²) in [6.07, 6.45) is 3.16. The Bertz CT molecular complexity index is 112. The molecule has 0 rings (SSSR count). The molecule has 0 aliphatic carbocycles. The van der Waals surface area contributed by atoms with E-state index in [9.17, 15) is 4.79 Å². The molecule has 0 aliphatic rings. The van der Waals surface area contributed by atoms with Crippen molar-refractivity contribution in [2.45, 2.75) is 38.7 Å². The highest BCUT2D eigenvalue weighted by Gasteiger charge is 2.00. The van der Waals surface area contributed by atoms with E-state index in [1.54, 1.807) is 7.11 Å². The average Bonchev–Trinajstić information content (AvgIpc) is 1.97. The van der Waals surface area contributed by atoms with Crippen LogP contribution in [0.1, 0.15) is 32.6 Å². The van der Waals surface area contributed by atoms with Crippen LogP contribution in [0, 0.1) is 0 Å². The number of ether oxygens (including phenoxy) is 1. The minimum atomic E-state index is -0.713. The van der Waals surface area contributed by atoms with Crippen molar-refractivity contribution >= 4 is 5.97 Å². The fraction of sp³-hybridized carbons (Fsp3) is 0.875. The second kappa shape index (κ2) is 6.16. The molecule has 0 aliphatic heterocycles. The van der Waals surface area contributed by atoms with Crippen LogP contribution in [0.3, 0.4) is 0 Å². The topological polar surface area (TPSA) is 46.5 Å². The Labute approximate surface area is 67.4 Å². The molecular weight excluding hydrogens is 144 g/mol. The van der Waals surface area contributed by atoms with E-state index in [0.717, 1.165) is 19.3 Å². The Morgan fingerprint density at radius 2 is 2.18 bits per heavy atom. The van der Waals surface area contributed by atoms with Gasteiger partial charge in [0.05, 0.1) is 6.10 Å². The maximum absolute atomic E-state index is 10.1. The summed E-state index contributed by atoms with van der Waals surface area (Å²) in [5, 5.41) is 8.30. The molecule has 0 fully saturated rings. The summed E-state index contributed by atoms with van der Waals surface area (Å²) in [5.41, 5.74) is 0. The zero-order valence-electron chi connectivity index (χ0n) is 7.17. The molecule has 0 bridgehead atoms. The first-order valence-corrected chi connectivity index (χ1v) is 3.91. The van der Waals surface area contributed by atoms with Gasteiger partial charge in [0.15, 0.2) is 0 Å². The molecule has 1 unspecified atom stereocenters. The molecule has 0 aromatic carbocycles. The summed E-state index contributed by atoms with van der Waals surface area (Å²) < 4.78 is 5.01. The highest BCUT2D eigenvalue weighted by molar-refractivity contribution is 5.66. The highest BCUT2D eigenvalue weighted by atomic mass is 16.5. The van der Waals surface area contributed by atoms with Crippen molar-refractivity contribution in [2.75, 3.05) is 7.11 Å². The summed E-state index contributed by atoms with van der Waals surface area (Å²) in [6.45, 7) is 1.99. The highest BCUT2D eigenvalue weighted by Crippen LogP contribution is 2.04. The van der Waals surface area contributed by atoms with E-state index in [1.165, 1.54) is 0 Å². The van der Waals surface area contributed by atoms with Gasteiger partial charge in [0, 0.05) is 13.5 Å². The molecule has 66 valence electrons. The summed E-state index contributed by atoms with van der Waals surface area (Å²) in [7, 11) is 1.67. The Hall–Kier alpha value is -0.570. The Kier molecular flexibility index (Phi) is 5.84. The van der Waals surface area contributed by atoms with E-state index in [-0.39, 0.29) is 12.5 Å². The van der Waals surface area contributed by atoms with Crippen LogP contribution in [0.2, 0.25) is 0 Å². The van der Waals surface area contributed by atoms with Crippen LogP contribution >= 0.6 is 0 Å². The largest absolute Gasteiger partial charge is 0.481 e. The van der Waals surface area contributed by atoms with E-state index >= 15 is 0 Å². The monoisotopic (exact) mass is 160 g/mol. The van der Waals surface area contributed by atoms with Crippen LogP contribution in [0.25, 0.3) is 0 Å². The normalized spacial score (nSPS) is 12.9. The van der Waals surface area contributed by atoms with Gasteiger partial charge in [0.2, 0.25) is 0 Å². The van der Waals surface area contributed by atoms with Gasteiger partial charge < -0.3 is 9.84 Å². The van der Waals surface area contributed by atoms with Crippen LogP contribution in [0.15, 0.2) is 0 Å². The molecule has 0 heterocycles. The minimum absolute atomic E-state index is 0.254. The van der Waals surface area contributed by atoms with E-state index in [0.29, 0.717) is 0 Å². The molecule has 1 atom stereocenters. The van der Waals surface area contributed by atoms with Crippen LogP contribution in [0.4, 0.5) is 0 Å². The van der Waals surface area contributed by atoms with Crippen LogP contribution in [-0.2, 0) is 9.53 Å². The summed E-state index contributed by atoms with van der Waals surface area (Å²) in [4.78, 5) is 10.1. The average molecular weight is 160 g/mol. The third-order valence-electron chi connectivity index (χ3n) is 1.65. The second-order valence-electron chi connectivity index (χ2n) is 2.69. The van der Waals surface area contributed by atoms with E-state index in [1.807, 2.05) is 6.92 Å². The van der Waals surface area contributed by atoms with E-state index < -0.39 is 5.97 Å². The van der Waals surface area contributed by atoms with Crippen LogP contribution in [0.5, 0.6) is 0 Å². The van der Waals surface area contributed by atoms with Crippen LogP contribution < -0.4 is 0 Å². The number of hydrogen-bond acceptors (Lipinski definition) is 2. The molecule has 0 amide bonds. The fourth-order valence-electron chi connectivity index (χ4n) is 0.826. The second-order valence-corrected chi connectivity index (χ2v) is 2.69. The summed E-state index contributed by atoms with van der Waals surface area (Å²) >= 11 is 0. The number of carbonyl (C=O) groups is 1. The molecule has 0 aromatic heterocycles. The Balaban J connectivity index is 3.08. The quantitative estimate of drug-likeness (QED) is 0.601. The van der Waals surface area contributed by atoms with Gasteiger partial charge in [0.25, 0.3) is 0 Å². The third kappa shape index (κ3) is 7.33. The van der Waals surface area contributed by atoms with Crippen molar-refractivity contribution < 1.29 is 14.6 Å². The lowest BCUT2D eigenvalue weighted by Crippen LogP contribution is -2.04. The molecule has 11 heavy (non-hydrogen) atoms. The van der Waals surface area contributed by atoms with Crippen LogP contribution in [-0.4, -0.2) is 24.3 Å². The molecule has 3 nitrogen and oxygen atoms in total. The van der Waals surface area contributed by atoms with Gasteiger partial charge in [0.1, 0.15) is 0 Å². The lowest BCUT2D eigenvalue weighted by Gasteiger charge is -2.07. The lowest BCUT2D eigenvalue weighted by molar-refractivity contribution is -0.137. The SMILES string of the molecule is COC(C)CCCCC(=O)O. The number of rotatable bonds is 6. The predicted octanol–water partition coefficient (Wildman–Crippen LogP) is 1.67. The maximum atomic E-state index is 10.1. The van der Waals surface area contributed by atoms with Crippen molar-refractivity contribution in [3.8, 4) is 0 Å². The summed E-state index contributed by atoms with van der Waals surface area (Å²) in [5.74, 6) is -0.713. The van der Waals surface area contributed by atoms with Gasteiger partial charge in [-0.15, -0.1) is 0 Å². The molecule has 0 saturated heterocycles. The van der Waals surface area contributed by atoms with Crippen molar-refractivity contribution in [1.82, 2.24) is 0 Å². The van der Waals surface area contributed by atoms with Crippen molar-refractivity contribution in [2.24, 2.45) is 0 Å². The zero-order valence-corrected chi connectivity index (χ0v) is 7.17.